The molecule has 0 bridgehead atoms. The van der Waals surface area contributed by atoms with Crippen molar-refractivity contribution in [2.75, 3.05) is 19.6 Å². The highest BCUT2D eigenvalue weighted by atomic mass is 35.5. The zero-order chi connectivity index (χ0) is 13.5. The molecule has 0 aromatic heterocycles. The van der Waals surface area contributed by atoms with Gasteiger partial charge in [0.25, 0.3) is 0 Å². The van der Waals surface area contributed by atoms with Gasteiger partial charge < -0.3 is 5.32 Å². The Morgan fingerprint density at radius 2 is 2.16 bits per heavy atom. The van der Waals surface area contributed by atoms with Crippen LogP contribution in [0.1, 0.15) is 18.9 Å². The monoisotopic (exact) mass is 278 g/mol. The van der Waals surface area contributed by atoms with E-state index in [-0.39, 0.29) is 0 Å². The van der Waals surface area contributed by atoms with Gasteiger partial charge in [-0.25, -0.2) is 0 Å². The maximum absolute atomic E-state index is 5.65. The summed E-state index contributed by atoms with van der Waals surface area (Å²) in [7, 11) is 0. The van der Waals surface area contributed by atoms with Gasteiger partial charge in [0.15, 0.2) is 0 Å². The average molecular weight is 279 g/mol. The number of nitrogens with zero attached hydrogens (tertiary/aromatic N) is 1. The zero-order valence-corrected chi connectivity index (χ0v) is 12.3. The second-order valence-electron chi connectivity index (χ2n) is 5.17. The summed E-state index contributed by atoms with van der Waals surface area (Å²) in [6.45, 7) is 5.37. The molecule has 104 valence electrons. The SMILES string of the molecule is CCC1CNC(Cc2ccccc2)CN1C/C=C/Cl. The van der Waals surface area contributed by atoms with E-state index in [4.69, 9.17) is 11.6 Å². The van der Waals surface area contributed by atoms with Gasteiger partial charge >= 0.3 is 0 Å². The van der Waals surface area contributed by atoms with Gasteiger partial charge in [-0.05, 0) is 18.4 Å². The molecular weight excluding hydrogens is 256 g/mol. The van der Waals surface area contributed by atoms with Gasteiger partial charge in [-0.2, -0.15) is 0 Å². The van der Waals surface area contributed by atoms with Crippen molar-refractivity contribution in [3.63, 3.8) is 0 Å². The van der Waals surface area contributed by atoms with Crippen LogP contribution in [0.2, 0.25) is 0 Å². The van der Waals surface area contributed by atoms with E-state index < -0.39 is 0 Å². The van der Waals surface area contributed by atoms with Crippen LogP contribution in [0, 0.1) is 0 Å². The lowest BCUT2D eigenvalue weighted by atomic mass is 10.0. The largest absolute Gasteiger partial charge is 0.311 e. The van der Waals surface area contributed by atoms with Crippen molar-refractivity contribution in [2.45, 2.75) is 31.8 Å². The number of hydrogen-bond donors (Lipinski definition) is 1. The number of halogens is 1. The van der Waals surface area contributed by atoms with Gasteiger partial charge in [0.1, 0.15) is 0 Å². The predicted octanol–water partition coefficient (Wildman–Crippen LogP) is 3.03. The second kappa shape index (κ2) is 7.68. The quantitative estimate of drug-likeness (QED) is 0.891. The van der Waals surface area contributed by atoms with Crippen LogP contribution < -0.4 is 5.32 Å². The van der Waals surface area contributed by atoms with Crippen molar-refractivity contribution < 1.29 is 0 Å². The molecule has 0 saturated carbocycles. The number of rotatable bonds is 5. The van der Waals surface area contributed by atoms with E-state index in [9.17, 15) is 0 Å². The van der Waals surface area contributed by atoms with Crippen LogP contribution >= 0.6 is 11.6 Å². The van der Waals surface area contributed by atoms with Gasteiger partial charge in [-0.3, -0.25) is 4.90 Å². The van der Waals surface area contributed by atoms with Crippen molar-refractivity contribution in [2.24, 2.45) is 0 Å². The number of piperazine rings is 1. The molecule has 1 N–H and O–H groups in total. The Balaban J connectivity index is 1.93. The summed E-state index contributed by atoms with van der Waals surface area (Å²) in [4.78, 5) is 2.53. The van der Waals surface area contributed by atoms with Gasteiger partial charge in [0.2, 0.25) is 0 Å². The minimum absolute atomic E-state index is 0.536. The Morgan fingerprint density at radius 1 is 1.37 bits per heavy atom. The lowest BCUT2D eigenvalue weighted by Gasteiger charge is -2.39. The number of nitrogens with one attached hydrogen (secondary N) is 1. The van der Waals surface area contributed by atoms with E-state index in [1.165, 1.54) is 12.0 Å². The third-order valence-corrected chi connectivity index (χ3v) is 4.02. The van der Waals surface area contributed by atoms with Crippen LogP contribution in [-0.2, 0) is 6.42 Å². The molecule has 1 saturated heterocycles. The first-order valence-corrected chi connectivity index (χ1v) is 7.53. The molecule has 2 rings (SSSR count). The molecule has 0 spiro atoms. The van der Waals surface area contributed by atoms with Crippen LogP contribution in [0.3, 0.4) is 0 Å². The third-order valence-electron chi connectivity index (χ3n) is 3.84. The zero-order valence-electron chi connectivity index (χ0n) is 11.6. The molecule has 2 nitrogen and oxygen atoms in total. The van der Waals surface area contributed by atoms with E-state index in [1.807, 2.05) is 6.08 Å². The van der Waals surface area contributed by atoms with Crippen LogP contribution in [0.5, 0.6) is 0 Å². The fourth-order valence-electron chi connectivity index (χ4n) is 2.77. The molecular formula is C16H23ClN2. The first-order valence-electron chi connectivity index (χ1n) is 7.10. The van der Waals surface area contributed by atoms with Crippen molar-refractivity contribution in [3.8, 4) is 0 Å². The number of hydrogen-bond acceptors (Lipinski definition) is 2. The van der Waals surface area contributed by atoms with E-state index >= 15 is 0 Å². The lowest BCUT2D eigenvalue weighted by Crippen LogP contribution is -2.56. The summed E-state index contributed by atoms with van der Waals surface area (Å²) in [5.41, 5.74) is 3.03. The maximum atomic E-state index is 5.65. The molecule has 3 heteroatoms. The highest BCUT2D eigenvalue weighted by Crippen LogP contribution is 2.13. The van der Waals surface area contributed by atoms with E-state index in [1.54, 1.807) is 5.54 Å². The van der Waals surface area contributed by atoms with E-state index in [0.29, 0.717) is 12.1 Å². The van der Waals surface area contributed by atoms with Crippen molar-refractivity contribution in [1.82, 2.24) is 10.2 Å². The highest BCUT2D eigenvalue weighted by molar-refractivity contribution is 6.25. The number of benzene rings is 1. The first kappa shape index (κ1) is 14.6. The Hall–Kier alpha value is -0.830. The summed E-state index contributed by atoms with van der Waals surface area (Å²) in [5.74, 6) is 0. The molecule has 1 aromatic carbocycles. The smallest absolute Gasteiger partial charge is 0.0236 e. The topological polar surface area (TPSA) is 15.3 Å². The summed E-state index contributed by atoms with van der Waals surface area (Å²) in [5, 5.41) is 3.68. The first-order chi connectivity index (χ1) is 9.33. The molecule has 0 aliphatic carbocycles. The van der Waals surface area contributed by atoms with Crippen LogP contribution in [0.25, 0.3) is 0 Å². The molecule has 0 radical (unpaired) electrons. The standard InChI is InChI=1S/C16H23ClN2/c1-2-16-12-18-15(13-19(16)10-6-9-17)11-14-7-4-3-5-8-14/h3-9,15-16,18H,2,10-13H2,1H3/b9-6+. The molecule has 1 aliphatic heterocycles. The molecule has 1 heterocycles. The molecule has 2 unspecified atom stereocenters. The van der Waals surface area contributed by atoms with E-state index in [2.05, 4.69) is 47.5 Å². The second-order valence-corrected chi connectivity index (χ2v) is 5.42. The highest BCUT2D eigenvalue weighted by Gasteiger charge is 2.25. The van der Waals surface area contributed by atoms with E-state index in [0.717, 1.165) is 26.1 Å². The summed E-state index contributed by atoms with van der Waals surface area (Å²) < 4.78 is 0. The molecule has 1 aromatic rings. The van der Waals surface area contributed by atoms with Crippen molar-refractivity contribution in [3.05, 3.63) is 47.5 Å². The molecule has 0 amide bonds. The fourth-order valence-corrected chi connectivity index (χ4v) is 2.84. The van der Waals surface area contributed by atoms with Gasteiger partial charge in [-0.1, -0.05) is 54.9 Å². The Bertz CT molecular complexity index is 391. The van der Waals surface area contributed by atoms with Crippen LogP contribution in [0.15, 0.2) is 41.9 Å². The lowest BCUT2D eigenvalue weighted by molar-refractivity contribution is 0.141. The Morgan fingerprint density at radius 3 is 2.84 bits per heavy atom. The predicted molar refractivity (Wildman–Crippen MR) is 82.6 cm³/mol. The third kappa shape index (κ3) is 4.34. The molecule has 19 heavy (non-hydrogen) atoms. The van der Waals surface area contributed by atoms with Gasteiger partial charge in [0.05, 0.1) is 0 Å². The fraction of sp³-hybridized carbons (Fsp3) is 0.500. The summed E-state index contributed by atoms with van der Waals surface area (Å²) >= 11 is 5.65. The normalized spacial score (nSPS) is 24.9. The Labute approximate surface area is 121 Å². The summed E-state index contributed by atoms with van der Waals surface area (Å²) in [6, 6.07) is 11.9. The van der Waals surface area contributed by atoms with Crippen molar-refractivity contribution in [1.29, 1.82) is 0 Å². The van der Waals surface area contributed by atoms with Gasteiger partial charge in [-0.15, -0.1) is 0 Å². The van der Waals surface area contributed by atoms with Crippen molar-refractivity contribution >= 4 is 11.6 Å². The molecule has 1 aliphatic rings. The average Bonchev–Trinajstić information content (AvgIpc) is 2.46. The minimum Gasteiger partial charge on any atom is -0.311 e. The summed E-state index contributed by atoms with van der Waals surface area (Å²) in [6.07, 6.45) is 4.31. The van der Waals surface area contributed by atoms with Crippen LogP contribution in [-0.4, -0.2) is 36.6 Å². The molecule has 2 atom stereocenters. The van der Waals surface area contributed by atoms with Crippen LogP contribution in [0.4, 0.5) is 0 Å². The molecule has 1 fully saturated rings. The van der Waals surface area contributed by atoms with Gasteiger partial charge in [0, 0.05) is 37.3 Å². The maximum Gasteiger partial charge on any atom is 0.0236 e. The minimum atomic E-state index is 0.536. The Kier molecular flexibility index (Phi) is 5.90.